The monoisotopic (exact) mass is 265 g/mol. The second kappa shape index (κ2) is 5.61. The van der Waals surface area contributed by atoms with Crippen LogP contribution in [0.25, 0.3) is 6.08 Å². The normalized spacial score (nSPS) is 18.5. The van der Waals surface area contributed by atoms with Crippen molar-refractivity contribution in [1.29, 1.82) is 0 Å². The Morgan fingerprint density at radius 3 is 2.35 bits per heavy atom. The highest BCUT2D eigenvalue weighted by Gasteiger charge is 2.32. The lowest BCUT2D eigenvalue weighted by molar-refractivity contribution is 0.166. The molecule has 1 aliphatic heterocycles. The first kappa shape index (κ1) is 12.5. The van der Waals surface area contributed by atoms with Crippen LogP contribution in [0.1, 0.15) is 17.2 Å². The highest BCUT2D eigenvalue weighted by atomic mass is 16.6. The number of carbonyl (C=O) groups is 1. The molecule has 100 valence electrons. The van der Waals surface area contributed by atoms with E-state index in [9.17, 15) is 4.79 Å². The van der Waals surface area contributed by atoms with Gasteiger partial charge in [-0.25, -0.2) is 4.79 Å². The predicted molar refractivity (Wildman–Crippen MR) is 77.8 cm³/mol. The summed E-state index contributed by atoms with van der Waals surface area (Å²) in [6, 6.07) is 19.8. The summed E-state index contributed by atoms with van der Waals surface area (Å²) >= 11 is 0. The highest BCUT2D eigenvalue weighted by Crippen LogP contribution is 2.28. The van der Waals surface area contributed by atoms with Gasteiger partial charge in [-0.3, -0.25) is 4.90 Å². The van der Waals surface area contributed by atoms with E-state index in [4.69, 9.17) is 4.74 Å². The molecule has 0 N–H and O–H groups in total. The number of nitrogens with zero attached hydrogens (tertiary/aromatic N) is 1. The lowest BCUT2D eigenvalue weighted by Crippen LogP contribution is -2.21. The van der Waals surface area contributed by atoms with Crippen LogP contribution in [0.5, 0.6) is 0 Å². The molecule has 1 atom stereocenters. The SMILES string of the molecule is O=C1OC[C@@H](c2ccccc2)N1/C=C\c1ccccc1. The van der Waals surface area contributed by atoms with Crippen LogP contribution in [0, 0.1) is 0 Å². The Morgan fingerprint density at radius 2 is 1.65 bits per heavy atom. The van der Waals surface area contributed by atoms with Gasteiger partial charge in [-0.05, 0) is 17.2 Å². The summed E-state index contributed by atoms with van der Waals surface area (Å²) in [5.41, 5.74) is 2.13. The summed E-state index contributed by atoms with van der Waals surface area (Å²) < 4.78 is 5.16. The number of hydrogen-bond acceptors (Lipinski definition) is 2. The van der Waals surface area contributed by atoms with Gasteiger partial charge in [0.25, 0.3) is 0 Å². The van der Waals surface area contributed by atoms with Gasteiger partial charge in [0.2, 0.25) is 0 Å². The molecule has 1 amide bonds. The molecule has 1 fully saturated rings. The second-order valence-corrected chi connectivity index (χ2v) is 4.64. The van der Waals surface area contributed by atoms with Crippen LogP contribution in [0.15, 0.2) is 66.9 Å². The van der Waals surface area contributed by atoms with E-state index in [1.165, 1.54) is 0 Å². The fourth-order valence-electron chi connectivity index (χ4n) is 2.26. The van der Waals surface area contributed by atoms with Gasteiger partial charge in [0.15, 0.2) is 0 Å². The number of carbonyl (C=O) groups excluding carboxylic acids is 1. The summed E-state index contributed by atoms with van der Waals surface area (Å²) in [7, 11) is 0. The van der Waals surface area contributed by atoms with Gasteiger partial charge in [-0.1, -0.05) is 60.7 Å². The number of cyclic esters (lactones) is 1. The van der Waals surface area contributed by atoms with Crippen LogP contribution >= 0.6 is 0 Å². The first-order valence-electron chi connectivity index (χ1n) is 6.58. The molecule has 1 saturated heterocycles. The predicted octanol–water partition coefficient (Wildman–Crippen LogP) is 3.85. The second-order valence-electron chi connectivity index (χ2n) is 4.64. The Morgan fingerprint density at radius 1 is 1.00 bits per heavy atom. The fraction of sp³-hybridized carbons (Fsp3) is 0.118. The number of hydrogen-bond donors (Lipinski definition) is 0. The number of rotatable bonds is 3. The van der Waals surface area contributed by atoms with Crippen molar-refractivity contribution >= 4 is 12.2 Å². The molecule has 0 aromatic heterocycles. The summed E-state index contributed by atoms with van der Waals surface area (Å²) in [4.78, 5) is 13.5. The zero-order valence-corrected chi connectivity index (χ0v) is 11.0. The van der Waals surface area contributed by atoms with Gasteiger partial charge in [0, 0.05) is 6.20 Å². The summed E-state index contributed by atoms with van der Waals surface area (Å²) in [6.07, 6.45) is 3.41. The van der Waals surface area contributed by atoms with Crippen molar-refractivity contribution in [3.63, 3.8) is 0 Å². The Hall–Kier alpha value is -2.55. The Bertz CT molecular complexity index is 607. The van der Waals surface area contributed by atoms with Crippen molar-refractivity contribution in [2.75, 3.05) is 6.61 Å². The zero-order valence-electron chi connectivity index (χ0n) is 11.0. The molecule has 0 unspecified atom stereocenters. The van der Waals surface area contributed by atoms with Gasteiger partial charge in [-0.2, -0.15) is 0 Å². The van der Waals surface area contributed by atoms with Crippen molar-refractivity contribution in [1.82, 2.24) is 4.90 Å². The standard InChI is InChI=1S/C17H15NO2/c19-17-18(12-11-14-7-3-1-4-8-14)16(13-20-17)15-9-5-2-6-10-15/h1-12,16H,13H2/b12-11-/t16-/m0/s1. The number of amides is 1. The largest absolute Gasteiger partial charge is 0.447 e. The first-order valence-corrected chi connectivity index (χ1v) is 6.58. The van der Waals surface area contributed by atoms with Gasteiger partial charge < -0.3 is 4.74 Å². The summed E-state index contributed by atoms with van der Waals surface area (Å²) in [5, 5.41) is 0. The van der Waals surface area contributed by atoms with Crippen molar-refractivity contribution in [2.45, 2.75) is 6.04 Å². The number of benzene rings is 2. The molecule has 1 heterocycles. The molecular weight excluding hydrogens is 250 g/mol. The van der Waals surface area contributed by atoms with Crippen molar-refractivity contribution < 1.29 is 9.53 Å². The van der Waals surface area contributed by atoms with E-state index in [1.807, 2.05) is 66.7 Å². The van der Waals surface area contributed by atoms with Gasteiger partial charge >= 0.3 is 6.09 Å². The average molecular weight is 265 g/mol. The molecule has 3 nitrogen and oxygen atoms in total. The Labute approximate surface area is 118 Å². The minimum Gasteiger partial charge on any atom is -0.447 e. The minimum absolute atomic E-state index is 0.0522. The van der Waals surface area contributed by atoms with E-state index in [1.54, 1.807) is 11.1 Å². The average Bonchev–Trinajstić information content (AvgIpc) is 2.88. The molecule has 0 aliphatic carbocycles. The third-order valence-corrected chi connectivity index (χ3v) is 3.32. The molecule has 3 heteroatoms. The molecule has 0 saturated carbocycles. The van der Waals surface area contributed by atoms with Gasteiger partial charge in [0.05, 0.1) is 6.04 Å². The molecule has 20 heavy (non-hydrogen) atoms. The lowest BCUT2D eigenvalue weighted by atomic mass is 10.1. The first-order chi connectivity index (χ1) is 9.84. The molecule has 2 aromatic carbocycles. The summed E-state index contributed by atoms with van der Waals surface area (Å²) in [6.45, 7) is 0.391. The molecule has 3 rings (SSSR count). The van der Waals surface area contributed by atoms with Crippen LogP contribution in [0.3, 0.4) is 0 Å². The van der Waals surface area contributed by atoms with Crippen molar-refractivity contribution in [2.24, 2.45) is 0 Å². The van der Waals surface area contributed by atoms with E-state index >= 15 is 0 Å². The molecule has 2 aromatic rings. The van der Waals surface area contributed by atoms with Crippen LogP contribution < -0.4 is 0 Å². The molecule has 0 spiro atoms. The van der Waals surface area contributed by atoms with E-state index in [0.717, 1.165) is 11.1 Å². The summed E-state index contributed by atoms with van der Waals surface area (Å²) in [5.74, 6) is 0. The van der Waals surface area contributed by atoms with E-state index in [0.29, 0.717) is 6.61 Å². The van der Waals surface area contributed by atoms with Crippen molar-refractivity contribution in [3.8, 4) is 0 Å². The quantitative estimate of drug-likeness (QED) is 0.843. The third kappa shape index (κ3) is 2.57. The molecule has 0 bridgehead atoms. The maximum absolute atomic E-state index is 11.8. The molecule has 1 aliphatic rings. The minimum atomic E-state index is -0.300. The Kier molecular flexibility index (Phi) is 3.50. The Balaban J connectivity index is 1.83. The molecule has 0 radical (unpaired) electrons. The van der Waals surface area contributed by atoms with Crippen LogP contribution in [0.2, 0.25) is 0 Å². The van der Waals surface area contributed by atoms with Gasteiger partial charge in [0.1, 0.15) is 6.61 Å². The van der Waals surface area contributed by atoms with E-state index in [-0.39, 0.29) is 12.1 Å². The third-order valence-electron chi connectivity index (χ3n) is 3.32. The fourth-order valence-corrected chi connectivity index (χ4v) is 2.26. The highest BCUT2D eigenvalue weighted by molar-refractivity contribution is 5.73. The van der Waals surface area contributed by atoms with E-state index < -0.39 is 0 Å². The van der Waals surface area contributed by atoms with Gasteiger partial charge in [-0.15, -0.1) is 0 Å². The lowest BCUT2D eigenvalue weighted by Gasteiger charge is -2.17. The van der Waals surface area contributed by atoms with Crippen LogP contribution in [0.4, 0.5) is 4.79 Å². The maximum atomic E-state index is 11.8. The number of ether oxygens (including phenoxy) is 1. The van der Waals surface area contributed by atoms with Crippen LogP contribution in [-0.4, -0.2) is 17.6 Å². The smallest absolute Gasteiger partial charge is 0.414 e. The molecular formula is C17H15NO2. The van der Waals surface area contributed by atoms with E-state index in [2.05, 4.69) is 0 Å². The van der Waals surface area contributed by atoms with Crippen LogP contribution in [-0.2, 0) is 4.74 Å². The topological polar surface area (TPSA) is 29.5 Å². The van der Waals surface area contributed by atoms with Crippen molar-refractivity contribution in [3.05, 3.63) is 78.0 Å². The zero-order chi connectivity index (χ0) is 13.8. The maximum Gasteiger partial charge on any atom is 0.414 e.